The van der Waals surface area contributed by atoms with Gasteiger partial charge in [0.05, 0.1) is 5.56 Å². The minimum atomic E-state index is -1.03. The molecule has 1 N–H and O–H groups in total. The minimum Gasteiger partial charge on any atom is -0.449 e. The lowest BCUT2D eigenvalue weighted by molar-refractivity contribution is -0.136. The zero-order valence-electron chi connectivity index (χ0n) is 14.2. The third-order valence-corrected chi connectivity index (χ3v) is 5.38. The molecule has 2 aromatic heterocycles. The number of aromatic nitrogens is 1. The van der Waals surface area contributed by atoms with Crippen LogP contribution in [0.25, 0.3) is 5.00 Å². The molecule has 1 fully saturated rings. The van der Waals surface area contributed by atoms with Crippen LogP contribution < -0.4 is 5.32 Å². The largest absolute Gasteiger partial charge is 0.449 e. The highest BCUT2D eigenvalue weighted by Crippen LogP contribution is 2.31. The molecule has 0 saturated carbocycles. The van der Waals surface area contributed by atoms with Crippen molar-refractivity contribution in [2.75, 3.05) is 13.1 Å². The molecule has 1 aliphatic rings. The quantitative estimate of drug-likeness (QED) is 0.847. The summed E-state index contributed by atoms with van der Waals surface area (Å²) in [6, 6.07) is 3.29. The Morgan fingerprint density at radius 3 is 2.56 bits per heavy atom. The van der Waals surface area contributed by atoms with E-state index in [1.807, 2.05) is 42.9 Å². The topological polar surface area (TPSA) is 80.6 Å². The lowest BCUT2D eigenvalue weighted by Gasteiger charge is -2.18. The van der Waals surface area contributed by atoms with Crippen molar-refractivity contribution in [3.05, 3.63) is 40.5 Å². The van der Waals surface area contributed by atoms with Gasteiger partial charge in [-0.3, -0.25) is 9.69 Å². The van der Waals surface area contributed by atoms with Gasteiger partial charge < -0.3 is 14.6 Å². The zero-order chi connectivity index (χ0) is 18.1. The van der Waals surface area contributed by atoms with E-state index in [2.05, 4.69) is 5.32 Å². The van der Waals surface area contributed by atoms with Crippen molar-refractivity contribution in [2.24, 2.45) is 0 Å². The molecule has 0 aliphatic carbocycles. The summed E-state index contributed by atoms with van der Waals surface area (Å²) in [6.45, 7) is 5.97. The molecule has 1 saturated heterocycles. The normalized spacial score (nSPS) is 15.2. The van der Waals surface area contributed by atoms with E-state index < -0.39 is 24.0 Å². The number of nitrogens with one attached hydrogen (secondary N) is 1. The van der Waals surface area contributed by atoms with E-state index in [1.165, 1.54) is 18.3 Å². The second kappa shape index (κ2) is 6.72. The van der Waals surface area contributed by atoms with Crippen LogP contribution in [-0.2, 0) is 9.53 Å². The van der Waals surface area contributed by atoms with E-state index in [4.69, 9.17) is 4.74 Å². The molecule has 7 nitrogen and oxygen atoms in total. The van der Waals surface area contributed by atoms with Crippen LogP contribution in [0, 0.1) is 13.8 Å². The summed E-state index contributed by atoms with van der Waals surface area (Å²) < 4.78 is 7.22. The minimum absolute atomic E-state index is 0.283. The van der Waals surface area contributed by atoms with Crippen molar-refractivity contribution in [1.82, 2.24) is 14.8 Å². The molecule has 3 amide bonds. The maximum absolute atomic E-state index is 12.7. The first-order valence-electron chi connectivity index (χ1n) is 7.93. The van der Waals surface area contributed by atoms with E-state index in [1.54, 1.807) is 0 Å². The summed E-state index contributed by atoms with van der Waals surface area (Å²) >= 11 is 1.49. The van der Waals surface area contributed by atoms with Crippen LogP contribution in [-0.4, -0.2) is 46.6 Å². The number of nitrogens with zero attached hydrogens (tertiary/aromatic N) is 2. The summed E-state index contributed by atoms with van der Waals surface area (Å²) in [6.07, 6.45) is 2.67. The molecule has 3 heterocycles. The number of hydrogen-bond donors (Lipinski definition) is 1. The number of carbonyl (C=O) groups excluding carboxylic acids is 3. The Hall–Kier alpha value is -2.61. The monoisotopic (exact) mass is 361 g/mol. The summed E-state index contributed by atoms with van der Waals surface area (Å²) in [4.78, 5) is 38.7. The lowest BCUT2D eigenvalue weighted by Crippen LogP contribution is -2.41. The fraction of sp³-hybridized carbons (Fsp3) is 0.353. The average Bonchev–Trinajstić information content (AvgIpc) is 3.28. The smallest absolute Gasteiger partial charge is 0.342 e. The fourth-order valence-electron chi connectivity index (χ4n) is 2.67. The third kappa shape index (κ3) is 3.17. The molecule has 3 rings (SSSR count). The maximum Gasteiger partial charge on any atom is 0.342 e. The van der Waals surface area contributed by atoms with E-state index in [0.29, 0.717) is 12.1 Å². The molecular weight excluding hydrogens is 342 g/mol. The Morgan fingerprint density at radius 1 is 1.28 bits per heavy atom. The molecule has 0 radical (unpaired) electrons. The van der Waals surface area contributed by atoms with Crippen molar-refractivity contribution in [3.8, 4) is 5.00 Å². The Balaban J connectivity index is 1.82. The molecular formula is C17H19N3O4S. The Morgan fingerprint density at radius 2 is 1.96 bits per heavy atom. The maximum atomic E-state index is 12.7. The lowest BCUT2D eigenvalue weighted by atomic mass is 10.1. The van der Waals surface area contributed by atoms with Crippen LogP contribution in [0.2, 0.25) is 0 Å². The van der Waals surface area contributed by atoms with Gasteiger partial charge in [-0.05, 0) is 38.5 Å². The number of aryl methyl sites for hydroxylation is 1. The van der Waals surface area contributed by atoms with Crippen LogP contribution >= 0.6 is 11.3 Å². The highest BCUT2D eigenvalue weighted by molar-refractivity contribution is 7.15. The number of ether oxygens (including phenoxy) is 1. The first-order chi connectivity index (χ1) is 11.9. The standard InChI is InChI=1S/C17H19N3O4S/c1-10-12(3)25-15(19-7-4-5-8-19)13(10)16(22)24-11(2)14(21)20-9-6-18-17(20)23/h4-5,7-8,11H,6,9H2,1-3H3,(H,18,23)/t11-/m0/s1. The highest BCUT2D eigenvalue weighted by Gasteiger charge is 2.33. The third-order valence-electron chi connectivity index (χ3n) is 4.16. The number of thiophene rings is 1. The molecule has 2 aromatic rings. The SMILES string of the molecule is Cc1sc(-n2cccc2)c(C(=O)O[C@@H](C)C(=O)N2CCNC2=O)c1C. The number of hydrogen-bond acceptors (Lipinski definition) is 5. The summed E-state index contributed by atoms with van der Waals surface area (Å²) in [7, 11) is 0. The van der Waals surface area contributed by atoms with E-state index >= 15 is 0 Å². The molecule has 1 aliphatic heterocycles. The molecule has 0 bridgehead atoms. The number of imide groups is 1. The van der Waals surface area contributed by atoms with Gasteiger partial charge in [-0.2, -0.15) is 0 Å². The molecule has 0 spiro atoms. The van der Waals surface area contributed by atoms with Crippen LogP contribution in [0.1, 0.15) is 27.7 Å². The van der Waals surface area contributed by atoms with Gasteiger partial charge in [-0.1, -0.05) is 0 Å². The number of esters is 1. The number of rotatable bonds is 4. The van der Waals surface area contributed by atoms with Crippen molar-refractivity contribution >= 4 is 29.2 Å². The summed E-state index contributed by atoms with van der Waals surface area (Å²) in [5, 5.41) is 3.31. The fourth-order valence-corrected chi connectivity index (χ4v) is 3.78. The van der Waals surface area contributed by atoms with Gasteiger partial charge >= 0.3 is 12.0 Å². The zero-order valence-corrected chi connectivity index (χ0v) is 15.1. The van der Waals surface area contributed by atoms with E-state index in [0.717, 1.165) is 20.3 Å². The predicted octanol–water partition coefficient (Wildman–Crippen LogP) is 2.25. The number of urea groups is 1. The van der Waals surface area contributed by atoms with Crippen molar-refractivity contribution in [2.45, 2.75) is 26.9 Å². The summed E-state index contributed by atoms with van der Waals surface area (Å²) in [5.74, 6) is -1.08. The Labute approximate surface area is 149 Å². The van der Waals surface area contributed by atoms with Crippen LogP contribution in [0.3, 0.4) is 0 Å². The Bertz CT molecular complexity index is 825. The van der Waals surface area contributed by atoms with Crippen molar-refractivity contribution in [1.29, 1.82) is 0 Å². The first kappa shape index (κ1) is 17.2. The van der Waals surface area contributed by atoms with Crippen molar-refractivity contribution < 1.29 is 19.1 Å². The van der Waals surface area contributed by atoms with Gasteiger partial charge in [0.25, 0.3) is 5.91 Å². The second-order valence-electron chi connectivity index (χ2n) is 5.82. The molecule has 8 heteroatoms. The van der Waals surface area contributed by atoms with Gasteiger partial charge in [-0.15, -0.1) is 11.3 Å². The summed E-state index contributed by atoms with van der Waals surface area (Å²) in [5.41, 5.74) is 1.28. The second-order valence-corrected chi connectivity index (χ2v) is 7.03. The average molecular weight is 361 g/mol. The molecule has 0 aromatic carbocycles. The Kier molecular flexibility index (Phi) is 4.63. The van der Waals surface area contributed by atoms with Gasteiger partial charge in [0, 0.05) is 30.4 Å². The van der Waals surface area contributed by atoms with Gasteiger partial charge in [0.1, 0.15) is 5.00 Å². The molecule has 0 unspecified atom stereocenters. The van der Waals surface area contributed by atoms with E-state index in [-0.39, 0.29) is 6.54 Å². The van der Waals surface area contributed by atoms with Gasteiger partial charge in [0.15, 0.2) is 6.10 Å². The number of carbonyl (C=O) groups is 3. The predicted molar refractivity (Wildman–Crippen MR) is 93.1 cm³/mol. The molecule has 1 atom stereocenters. The van der Waals surface area contributed by atoms with Crippen LogP contribution in [0.15, 0.2) is 24.5 Å². The van der Waals surface area contributed by atoms with Crippen LogP contribution in [0.5, 0.6) is 0 Å². The van der Waals surface area contributed by atoms with Crippen LogP contribution in [0.4, 0.5) is 4.79 Å². The molecule has 132 valence electrons. The number of amides is 3. The van der Waals surface area contributed by atoms with Gasteiger partial charge in [0.2, 0.25) is 0 Å². The van der Waals surface area contributed by atoms with Crippen molar-refractivity contribution in [3.63, 3.8) is 0 Å². The molecule has 25 heavy (non-hydrogen) atoms. The van der Waals surface area contributed by atoms with E-state index in [9.17, 15) is 14.4 Å². The highest BCUT2D eigenvalue weighted by atomic mass is 32.1. The van der Waals surface area contributed by atoms with Gasteiger partial charge in [-0.25, -0.2) is 9.59 Å². The first-order valence-corrected chi connectivity index (χ1v) is 8.75.